The van der Waals surface area contributed by atoms with Crippen LogP contribution in [0.5, 0.6) is 0 Å². The average molecular weight is 368 g/mol. The van der Waals surface area contributed by atoms with Crippen molar-refractivity contribution in [2.45, 2.75) is 39.0 Å². The maximum absolute atomic E-state index is 13.6. The summed E-state index contributed by atoms with van der Waals surface area (Å²) in [6.45, 7) is 2.18. The molecule has 3 rings (SSSR count). The molecule has 2 aromatic rings. The Morgan fingerprint density at radius 1 is 1.19 bits per heavy atom. The smallest absolute Gasteiger partial charge is 0.142 e. The van der Waals surface area contributed by atoms with E-state index in [4.69, 9.17) is 11.6 Å². The summed E-state index contributed by atoms with van der Waals surface area (Å²) in [4.78, 5) is 4.41. The summed E-state index contributed by atoms with van der Waals surface area (Å²) < 4.78 is 13.6. The van der Waals surface area contributed by atoms with Crippen molar-refractivity contribution in [3.05, 3.63) is 65.1 Å². The van der Waals surface area contributed by atoms with Crippen LogP contribution in [0.25, 0.3) is 11.3 Å². The average Bonchev–Trinajstić information content (AvgIpc) is 2.68. The van der Waals surface area contributed by atoms with Crippen molar-refractivity contribution in [1.29, 1.82) is 0 Å². The molecule has 0 amide bonds. The highest BCUT2D eigenvalue weighted by Gasteiger charge is 2.17. The topological polar surface area (TPSA) is 12.9 Å². The molecule has 3 heteroatoms. The molecule has 1 fully saturated rings. The Kier molecular flexibility index (Phi) is 6.47. The number of hydrogen-bond acceptors (Lipinski definition) is 1. The molecule has 0 aliphatic heterocycles. The number of allylic oxidation sites excluding steroid dienone is 2. The van der Waals surface area contributed by atoms with Gasteiger partial charge in [-0.3, -0.25) is 4.98 Å². The van der Waals surface area contributed by atoms with E-state index in [0.29, 0.717) is 17.2 Å². The van der Waals surface area contributed by atoms with Crippen molar-refractivity contribution in [2.24, 2.45) is 11.8 Å². The monoisotopic (exact) mass is 367 g/mol. The van der Waals surface area contributed by atoms with E-state index in [2.05, 4.69) is 35.9 Å². The van der Waals surface area contributed by atoms with E-state index in [-0.39, 0.29) is 5.02 Å². The highest BCUT2D eigenvalue weighted by atomic mass is 35.5. The number of pyridine rings is 1. The van der Waals surface area contributed by atoms with Crippen LogP contribution in [0.2, 0.25) is 5.02 Å². The van der Waals surface area contributed by atoms with Crippen LogP contribution in [0, 0.1) is 29.5 Å². The fourth-order valence-electron chi connectivity index (χ4n) is 3.26. The molecule has 1 nitrogen and oxygen atoms in total. The number of benzene rings is 1. The van der Waals surface area contributed by atoms with E-state index in [1.165, 1.54) is 31.7 Å². The zero-order chi connectivity index (χ0) is 18.4. The van der Waals surface area contributed by atoms with Crippen molar-refractivity contribution in [2.75, 3.05) is 0 Å². The van der Waals surface area contributed by atoms with Gasteiger partial charge in [0.15, 0.2) is 0 Å². The maximum atomic E-state index is 13.6. The van der Waals surface area contributed by atoms with Crippen LogP contribution in [0.4, 0.5) is 4.39 Å². The van der Waals surface area contributed by atoms with Crippen LogP contribution in [0.1, 0.15) is 44.6 Å². The van der Waals surface area contributed by atoms with Crippen LogP contribution in [0.15, 0.2) is 48.7 Å². The number of aromatic nitrogens is 1. The molecule has 1 heterocycles. The van der Waals surface area contributed by atoms with Crippen LogP contribution in [-0.2, 0) is 0 Å². The second-order valence-electron chi connectivity index (χ2n) is 6.78. The van der Waals surface area contributed by atoms with Crippen LogP contribution < -0.4 is 0 Å². The normalized spacial score (nSPS) is 20.0. The molecule has 0 atom stereocenters. The van der Waals surface area contributed by atoms with Crippen LogP contribution in [-0.4, -0.2) is 4.98 Å². The second-order valence-corrected chi connectivity index (χ2v) is 7.19. The van der Waals surface area contributed by atoms with E-state index in [0.717, 1.165) is 17.9 Å². The Morgan fingerprint density at radius 3 is 2.65 bits per heavy atom. The molecule has 1 aliphatic carbocycles. The fourth-order valence-corrected chi connectivity index (χ4v) is 3.38. The minimum atomic E-state index is -0.431. The molecule has 0 spiro atoms. The van der Waals surface area contributed by atoms with Gasteiger partial charge < -0.3 is 0 Å². The lowest BCUT2D eigenvalue weighted by molar-refractivity contribution is 0.364. The fraction of sp³-hybridized carbons (Fsp3) is 0.348. The van der Waals surface area contributed by atoms with Gasteiger partial charge in [0.25, 0.3) is 0 Å². The van der Waals surface area contributed by atoms with Crippen molar-refractivity contribution in [3.63, 3.8) is 0 Å². The van der Waals surface area contributed by atoms with Crippen molar-refractivity contribution >= 4 is 11.6 Å². The van der Waals surface area contributed by atoms with Crippen molar-refractivity contribution < 1.29 is 4.39 Å². The maximum Gasteiger partial charge on any atom is 0.142 e. The summed E-state index contributed by atoms with van der Waals surface area (Å²) in [5.41, 5.74) is 2.33. The number of rotatable bonds is 3. The van der Waals surface area contributed by atoms with Crippen LogP contribution >= 0.6 is 11.6 Å². The molecule has 0 radical (unpaired) electrons. The summed E-state index contributed by atoms with van der Waals surface area (Å²) in [6, 6.07) is 8.54. The lowest BCUT2D eigenvalue weighted by atomic mass is 9.82. The summed E-state index contributed by atoms with van der Waals surface area (Å²) in [5.74, 6) is 7.42. The molecule has 26 heavy (non-hydrogen) atoms. The molecule has 0 bridgehead atoms. The summed E-state index contributed by atoms with van der Waals surface area (Å²) in [5, 5.41) is 0.121. The quantitative estimate of drug-likeness (QED) is 0.436. The first-order chi connectivity index (χ1) is 12.7. The number of nitrogens with zero attached hydrogens (tertiary/aromatic N) is 1. The first-order valence-electron chi connectivity index (χ1n) is 9.25. The van der Waals surface area contributed by atoms with Gasteiger partial charge in [0.1, 0.15) is 5.82 Å². The van der Waals surface area contributed by atoms with Gasteiger partial charge in [-0.2, -0.15) is 0 Å². The Hall–Kier alpha value is -2.11. The predicted molar refractivity (Wildman–Crippen MR) is 106 cm³/mol. The largest absolute Gasteiger partial charge is 0.255 e. The number of hydrogen-bond donors (Lipinski definition) is 0. The third-order valence-electron chi connectivity index (χ3n) is 4.82. The van der Waals surface area contributed by atoms with Crippen molar-refractivity contribution in [3.8, 4) is 23.1 Å². The molecule has 0 saturated heterocycles. The van der Waals surface area contributed by atoms with Gasteiger partial charge in [-0.05, 0) is 62.3 Å². The minimum Gasteiger partial charge on any atom is -0.255 e. The lowest BCUT2D eigenvalue weighted by Crippen LogP contribution is -2.11. The number of halogens is 2. The molecule has 1 aliphatic rings. The first-order valence-corrected chi connectivity index (χ1v) is 9.63. The molecule has 134 valence electrons. The second kappa shape index (κ2) is 9.01. The SMILES string of the molecule is CCC=C[C@H]1CC[C@H](C#Cc2ccc(-c3ccc(Cl)c(F)c3)nc2)CC1. The molecule has 1 aromatic heterocycles. The highest BCUT2D eigenvalue weighted by Crippen LogP contribution is 2.29. The van der Waals surface area contributed by atoms with E-state index in [1.807, 2.05) is 12.1 Å². The third-order valence-corrected chi connectivity index (χ3v) is 5.12. The minimum absolute atomic E-state index is 0.121. The Balaban J connectivity index is 1.61. The zero-order valence-corrected chi connectivity index (χ0v) is 15.8. The van der Waals surface area contributed by atoms with E-state index in [9.17, 15) is 4.39 Å². The van der Waals surface area contributed by atoms with Crippen LogP contribution in [0.3, 0.4) is 0 Å². The summed E-state index contributed by atoms with van der Waals surface area (Å²) in [6.07, 6.45) is 12.3. The Bertz CT molecular complexity index is 822. The van der Waals surface area contributed by atoms with Gasteiger partial charge in [0.2, 0.25) is 0 Å². The molecule has 1 aromatic carbocycles. The predicted octanol–water partition coefficient (Wildman–Crippen LogP) is 6.67. The first kappa shape index (κ1) is 18.7. The summed E-state index contributed by atoms with van der Waals surface area (Å²) >= 11 is 5.72. The van der Waals surface area contributed by atoms with Gasteiger partial charge in [0.05, 0.1) is 10.7 Å². The van der Waals surface area contributed by atoms with Crippen molar-refractivity contribution in [1.82, 2.24) is 4.98 Å². The van der Waals surface area contributed by atoms with Gasteiger partial charge in [-0.15, -0.1) is 0 Å². The standard InChI is InChI=1S/C23H23ClFN/c1-2-3-4-17-5-7-18(8-6-17)9-10-19-11-14-23(26-16-19)20-12-13-21(24)22(25)15-20/h3-4,11-18H,2,5-8H2,1H3/t17-,18-. The van der Waals surface area contributed by atoms with Gasteiger partial charge in [0, 0.05) is 23.2 Å². The zero-order valence-electron chi connectivity index (χ0n) is 15.0. The molecular formula is C23H23ClFN. The van der Waals surface area contributed by atoms with E-state index in [1.54, 1.807) is 18.3 Å². The Labute approximate surface area is 160 Å². The van der Waals surface area contributed by atoms with Gasteiger partial charge in [-0.1, -0.05) is 48.6 Å². The van der Waals surface area contributed by atoms with Gasteiger partial charge >= 0.3 is 0 Å². The molecule has 0 N–H and O–H groups in total. The molecular weight excluding hydrogens is 345 g/mol. The van der Waals surface area contributed by atoms with Gasteiger partial charge in [-0.25, -0.2) is 4.39 Å². The highest BCUT2D eigenvalue weighted by molar-refractivity contribution is 6.30. The van der Waals surface area contributed by atoms with E-state index < -0.39 is 5.82 Å². The third kappa shape index (κ3) is 4.96. The summed E-state index contributed by atoms with van der Waals surface area (Å²) in [7, 11) is 0. The molecule has 0 unspecified atom stereocenters. The van der Waals surface area contributed by atoms with E-state index >= 15 is 0 Å². The molecule has 1 saturated carbocycles. The Morgan fingerprint density at radius 2 is 2.00 bits per heavy atom. The lowest BCUT2D eigenvalue weighted by Gasteiger charge is -2.23.